The largest absolute Gasteiger partial charge is 0.397 e. The number of rotatable bonds is 1. The predicted molar refractivity (Wildman–Crippen MR) is 91.4 cm³/mol. The number of aromatic nitrogens is 3. The molecule has 0 aliphatic carbocycles. The number of aromatic amines is 2. The summed E-state index contributed by atoms with van der Waals surface area (Å²) in [5.41, 5.74) is 9.75. The van der Waals surface area contributed by atoms with Gasteiger partial charge in [0.15, 0.2) is 0 Å². The summed E-state index contributed by atoms with van der Waals surface area (Å²) in [4.78, 5) is 24.9. The Morgan fingerprint density at radius 1 is 1.18 bits per heavy atom. The van der Waals surface area contributed by atoms with Gasteiger partial charge in [0, 0.05) is 10.3 Å². The number of fused-ring (bicyclic) bond motifs is 2. The number of hydrogen-bond acceptors (Lipinski definition) is 4. The topological polar surface area (TPSA) is 87.6 Å². The van der Waals surface area contributed by atoms with Crippen LogP contribution in [0, 0.1) is 13.8 Å². The number of aryl methyl sites for hydroxylation is 2. The summed E-state index contributed by atoms with van der Waals surface area (Å²) in [5.74, 6) is 0.505. The molecule has 0 unspecified atom stereocenters. The van der Waals surface area contributed by atoms with E-state index in [2.05, 4.69) is 15.0 Å². The van der Waals surface area contributed by atoms with E-state index in [0.717, 1.165) is 31.7 Å². The molecule has 5 nitrogen and oxygen atoms in total. The minimum atomic E-state index is -0.220. The number of imidazole rings is 1. The van der Waals surface area contributed by atoms with Crippen LogP contribution >= 0.6 is 11.3 Å². The molecule has 22 heavy (non-hydrogen) atoms. The van der Waals surface area contributed by atoms with Crippen molar-refractivity contribution in [2.24, 2.45) is 0 Å². The van der Waals surface area contributed by atoms with Gasteiger partial charge in [-0.2, -0.15) is 0 Å². The van der Waals surface area contributed by atoms with Crippen LogP contribution in [-0.4, -0.2) is 15.0 Å². The van der Waals surface area contributed by atoms with Gasteiger partial charge < -0.3 is 15.7 Å². The monoisotopic (exact) mass is 310 g/mol. The molecule has 0 aliphatic heterocycles. The molecule has 6 heteroatoms. The SMILES string of the molecule is Cc1ccc2nc(-c3c(N)c4cc(C)sc4[nH]c3=O)[nH]c2c1. The Morgan fingerprint density at radius 2 is 2.00 bits per heavy atom. The smallest absolute Gasteiger partial charge is 0.262 e. The number of hydrogen-bond donors (Lipinski definition) is 3. The molecule has 3 heterocycles. The molecular weight excluding hydrogens is 296 g/mol. The lowest BCUT2D eigenvalue weighted by molar-refractivity contribution is 1.26. The van der Waals surface area contributed by atoms with Gasteiger partial charge in [0.25, 0.3) is 5.56 Å². The summed E-state index contributed by atoms with van der Waals surface area (Å²) in [6.07, 6.45) is 0. The van der Waals surface area contributed by atoms with E-state index in [4.69, 9.17) is 5.73 Å². The average molecular weight is 310 g/mol. The number of benzene rings is 1. The highest BCUT2D eigenvalue weighted by Crippen LogP contribution is 2.32. The van der Waals surface area contributed by atoms with Crippen molar-refractivity contribution in [3.05, 3.63) is 45.1 Å². The van der Waals surface area contributed by atoms with Crippen molar-refractivity contribution in [1.82, 2.24) is 15.0 Å². The summed E-state index contributed by atoms with van der Waals surface area (Å²) in [6.45, 7) is 4.01. The number of nitrogens with two attached hydrogens (primary N) is 1. The van der Waals surface area contributed by atoms with Crippen LogP contribution in [0.2, 0.25) is 0 Å². The van der Waals surface area contributed by atoms with Crippen LogP contribution in [0.1, 0.15) is 10.4 Å². The van der Waals surface area contributed by atoms with E-state index < -0.39 is 0 Å². The summed E-state index contributed by atoms with van der Waals surface area (Å²) in [6, 6.07) is 7.92. The Hall–Kier alpha value is -2.60. The van der Waals surface area contributed by atoms with Crippen LogP contribution in [-0.2, 0) is 0 Å². The Morgan fingerprint density at radius 3 is 2.82 bits per heavy atom. The van der Waals surface area contributed by atoms with E-state index in [0.29, 0.717) is 17.1 Å². The minimum Gasteiger partial charge on any atom is -0.397 e. The number of thiophene rings is 1. The van der Waals surface area contributed by atoms with Crippen LogP contribution in [0.4, 0.5) is 5.69 Å². The second-order valence-corrected chi connectivity index (χ2v) is 6.70. The molecule has 0 amide bonds. The second kappa shape index (κ2) is 4.45. The van der Waals surface area contributed by atoms with Crippen molar-refractivity contribution in [2.45, 2.75) is 13.8 Å². The van der Waals surface area contributed by atoms with Crippen LogP contribution in [0.5, 0.6) is 0 Å². The van der Waals surface area contributed by atoms with Gasteiger partial charge in [-0.15, -0.1) is 11.3 Å². The molecule has 0 radical (unpaired) electrons. The first kappa shape index (κ1) is 13.1. The van der Waals surface area contributed by atoms with Gasteiger partial charge in [-0.3, -0.25) is 4.79 Å². The fourth-order valence-corrected chi connectivity index (χ4v) is 3.63. The third-order valence-corrected chi connectivity index (χ3v) is 4.71. The molecule has 4 aromatic rings. The summed E-state index contributed by atoms with van der Waals surface area (Å²) in [5, 5.41) is 0.869. The maximum atomic E-state index is 12.4. The molecule has 0 aliphatic rings. The number of nitrogen functional groups attached to an aromatic ring is 1. The zero-order chi connectivity index (χ0) is 15.4. The first-order chi connectivity index (χ1) is 10.5. The lowest BCUT2D eigenvalue weighted by Crippen LogP contribution is -2.12. The number of anilines is 1. The maximum absolute atomic E-state index is 12.4. The Kier molecular flexibility index (Phi) is 2.65. The van der Waals surface area contributed by atoms with Gasteiger partial charge >= 0.3 is 0 Å². The van der Waals surface area contributed by atoms with Gasteiger partial charge in [0.2, 0.25) is 0 Å². The highest BCUT2D eigenvalue weighted by molar-refractivity contribution is 7.18. The first-order valence-corrected chi connectivity index (χ1v) is 7.73. The zero-order valence-corrected chi connectivity index (χ0v) is 13.0. The highest BCUT2D eigenvalue weighted by Gasteiger charge is 2.17. The van der Waals surface area contributed by atoms with Crippen molar-refractivity contribution in [3.8, 4) is 11.4 Å². The second-order valence-electron chi connectivity index (χ2n) is 5.45. The molecule has 4 N–H and O–H groups in total. The normalized spacial score (nSPS) is 11.5. The molecule has 0 fully saturated rings. The van der Waals surface area contributed by atoms with Crippen molar-refractivity contribution < 1.29 is 0 Å². The Balaban J connectivity index is 2.04. The van der Waals surface area contributed by atoms with Crippen molar-refractivity contribution in [1.29, 1.82) is 0 Å². The zero-order valence-electron chi connectivity index (χ0n) is 12.2. The number of nitrogens with one attached hydrogen (secondary N) is 2. The van der Waals surface area contributed by atoms with E-state index in [-0.39, 0.29) is 5.56 Å². The molecule has 0 spiro atoms. The minimum absolute atomic E-state index is 0.220. The summed E-state index contributed by atoms with van der Waals surface area (Å²) in [7, 11) is 0. The van der Waals surface area contributed by atoms with E-state index >= 15 is 0 Å². The van der Waals surface area contributed by atoms with Gasteiger partial charge in [-0.25, -0.2) is 4.98 Å². The van der Waals surface area contributed by atoms with Gasteiger partial charge in [-0.1, -0.05) is 6.07 Å². The molecule has 4 rings (SSSR count). The Labute approximate surface area is 129 Å². The standard InChI is InChI=1S/C16H14N4OS/c1-7-3-4-10-11(5-7)19-14(18-10)12-13(17)9-6-8(2)22-16(9)20-15(12)21/h3-6H,1-2H3,(H,18,19)(H3,17,20,21). The molecule has 110 valence electrons. The summed E-state index contributed by atoms with van der Waals surface area (Å²) >= 11 is 1.53. The average Bonchev–Trinajstić information content (AvgIpc) is 3.01. The van der Waals surface area contributed by atoms with E-state index in [1.54, 1.807) is 0 Å². The molecule has 0 atom stereocenters. The third-order valence-electron chi connectivity index (χ3n) is 3.74. The maximum Gasteiger partial charge on any atom is 0.262 e. The van der Waals surface area contributed by atoms with Crippen molar-refractivity contribution in [3.63, 3.8) is 0 Å². The predicted octanol–water partition coefficient (Wildman–Crippen LogP) is 3.33. The van der Waals surface area contributed by atoms with Crippen LogP contribution in [0.15, 0.2) is 29.1 Å². The molecule has 0 saturated carbocycles. The van der Waals surface area contributed by atoms with Crippen molar-refractivity contribution in [2.75, 3.05) is 5.73 Å². The van der Waals surface area contributed by atoms with E-state index in [9.17, 15) is 4.79 Å². The number of pyridine rings is 1. The number of nitrogens with zero attached hydrogens (tertiary/aromatic N) is 1. The fraction of sp³-hybridized carbons (Fsp3) is 0.125. The van der Waals surface area contributed by atoms with E-state index in [1.807, 2.05) is 38.1 Å². The van der Waals surface area contributed by atoms with Crippen molar-refractivity contribution >= 4 is 38.3 Å². The molecule has 0 saturated heterocycles. The third kappa shape index (κ3) is 1.84. The van der Waals surface area contributed by atoms with Gasteiger partial charge in [-0.05, 0) is 37.6 Å². The molecule has 3 aromatic heterocycles. The molecule has 0 bridgehead atoms. The van der Waals surface area contributed by atoms with E-state index in [1.165, 1.54) is 11.3 Å². The quantitative estimate of drug-likeness (QED) is 0.504. The Bertz CT molecular complexity index is 1090. The molecule has 1 aromatic carbocycles. The van der Waals surface area contributed by atoms with Gasteiger partial charge in [0.05, 0.1) is 16.7 Å². The van der Waals surface area contributed by atoms with Crippen LogP contribution in [0.25, 0.3) is 32.6 Å². The molecular formula is C16H14N4OS. The lowest BCUT2D eigenvalue weighted by Gasteiger charge is -2.02. The van der Waals surface area contributed by atoms with Gasteiger partial charge in [0.1, 0.15) is 16.2 Å². The summed E-state index contributed by atoms with van der Waals surface area (Å²) < 4.78 is 0. The van der Waals surface area contributed by atoms with Crippen LogP contribution in [0.3, 0.4) is 0 Å². The number of H-pyrrole nitrogens is 2. The van der Waals surface area contributed by atoms with Crippen LogP contribution < -0.4 is 11.3 Å². The fourth-order valence-electron chi connectivity index (χ4n) is 2.71. The first-order valence-electron chi connectivity index (χ1n) is 6.91. The lowest BCUT2D eigenvalue weighted by atomic mass is 10.1. The highest BCUT2D eigenvalue weighted by atomic mass is 32.1.